The molecule has 1 aliphatic heterocycles. The van der Waals surface area contributed by atoms with E-state index in [0.717, 1.165) is 44.6 Å². The van der Waals surface area contributed by atoms with Crippen molar-refractivity contribution in [3.8, 4) is 5.75 Å². The van der Waals surface area contributed by atoms with Gasteiger partial charge in [0.1, 0.15) is 5.75 Å². The predicted molar refractivity (Wildman–Crippen MR) is 91.2 cm³/mol. The third-order valence-electron chi connectivity index (χ3n) is 4.35. The quantitative estimate of drug-likeness (QED) is 0.761. The van der Waals surface area contributed by atoms with Gasteiger partial charge in [-0.1, -0.05) is 19.9 Å². The summed E-state index contributed by atoms with van der Waals surface area (Å²) in [4.78, 5) is 2.46. The number of likely N-dealkylation sites (tertiary alicyclic amines) is 1. The molecule has 1 fully saturated rings. The Hall–Kier alpha value is -1.26. The molecule has 2 unspecified atom stereocenters. The van der Waals surface area contributed by atoms with Gasteiger partial charge in [-0.05, 0) is 49.9 Å². The molecule has 1 aromatic carbocycles. The zero-order valence-electron chi connectivity index (χ0n) is 13.9. The summed E-state index contributed by atoms with van der Waals surface area (Å²) in [6, 6.07) is 6.03. The molecule has 3 N–H and O–H groups in total. The van der Waals surface area contributed by atoms with E-state index in [-0.39, 0.29) is 6.10 Å². The topological polar surface area (TPSA) is 58.7 Å². The van der Waals surface area contributed by atoms with Gasteiger partial charge in [0, 0.05) is 19.0 Å². The molecular weight excluding hydrogens is 276 g/mol. The van der Waals surface area contributed by atoms with Crippen molar-refractivity contribution in [2.45, 2.75) is 45.6 Å². The molecular formula is C18H30N2O2. The van der Waals surface area contributed by atoms with Crippen molar-refractivity contribution in [1.82, 2.24) is 4.90 Å². The summed E-state index contributed by atoms with van der Waals surface area (Å²) in [7, 11) is 0. The number of hydrogen-bond acceptors (Lipinski definition) is 4. The normalized spacial score (nSPS) is 22.7. The Kier molecular flexibility index (Phi) is 6.52. The molecule has 0 amide bonds. The van der Waals surface area contributed by atoms with Gasteiger partial charge in [-0.15, -0.1) is 0 Å². The van der Waals surface area contributed by atoms with Crippen LogP contribution in [0.3, 0.4) is 0 Å². The molecule has 2 atom stereocenters. The van der Waals surface area contributed by atoms with Gasteiger partial charge in [0.05, 0.1) is 18.4 Å². The average Bonchev–Trinajstić information content (AvgIpc) is 2.50. The number of aliphatic hydroxyl groups excluding tert-OH is 1. The molecule has 0 saturated carbocycles. The van der Waals surface area contributed by atoms with Crippen LogP contribution in [-0.2, 0) is 6.42 Å². The Morgan fingerprint density at radius 3 is 2.82 bits per heavy atom. The fourth-order valence-electron chi connectivity index (χ4n) is 3.19. The molecule has 22 heavy (non-hydrogen) atoms. The third-order valence-corrected chi connectivity index (χ3v) is 4.35. The first-order chi connectivity index (χ1) is 10.6. The van der Waals surface area contributed by atoms with Gasteiger partial charge in [-0.25, -0.2) is 0 Å². The minimum Gasteiger partial charge on any atom is -0.491 e. The van der Waals surface area contributed by atoms with Crippen molar-refractivity contribution < 1.29 is 9.84 Å². The van der Waals surface area contributed by atoms with E-state index < -0.39 is 0 Å². The smallest absolute Gasteiger partial charge is 0.142 e. The molecule has 0 spiro atoms. The van der Waals surface area contributed by atoms with E-state index in [4.69, 9.17) is 10.5 Å². The number of nitrogens with two attached hydrogens (primary N) is 1. The second-order valence-corrected chi connectivity index (χ2v) is 6.34. The number of ether oxygens (including phenoxy) is 1. The summed E-state index contributed by atoms with van der Waals surface area (Å²) in [5, 5.41) is 10.3. The van der Waals surface area contributed by atoms with Crippen molar-refractivity contribution in [3.05, 3.63) is 23.8 Å². The second kappa shape index (κ2) is 8.39. The number of hydrogen-bond donors (Lipinski definition) is 2. The van der Waals surface area contributed by atoms with E-state index in [1.807, 2.05) is 12.1 Å². The first-order valence-electron chi connectivity index (χ1n) is 8.55. The van der Waals surface area contributed by atoms with Gasteiger partial charge < -0.3 is 20.5 Å². The SMILES string of the molecule is CCCOc1ccc(CC2CN(CCC)CCC2O)cc1N. The van der Waals surface area contributed by atoms with Crippen LogP contribution in [0.4, 0.5) is 5.69 Å². The van der Waals surface area contributed by atoms with E-state index in [1.165, 1.54) is 12.0 Å². The molecule has 0 bridgehead atoms. The standard InChI is InChI=1S/C18H30N2O2/c1-3-8-20-9-7-17(21)15(13-20)11-14-5-6-18(16(19)12-14)22-10-4-2/h5-6,12,15,17,21H,3-4,7-11,13,19H2,1-2H3. The minimum absolute atomic E-state index is 0.203. The van der Waals surface area contributed by atoms with E-state index in [0.29, 0.717) is 18.2 Å². The Labute approximate surface area is 134 Å². The molecule has 0 aromatic heterocycles. The minimum atomic E-state index is -0.203. The highest BCUT2D eigenvalue weighted by atomic mass is 16.5. The summed E-state index contributed by atoms with van der Waals surface area (Å²) < 4.78 is 5.62. The lowest BCUT2D eigenvalue weighted by Crippen LogP contribution is -2.44. The lowest BCUT2D eigenvalue weighted by atomic mass is 9.88. The zero-order valence-corrected chi connectivity index (χ0v) is 13.9. The molecule has 4 nitrogen and oxygen atoms in total. The monoisotopic (exact) mass is 306 g/mol. The maximum atomic E-state index is 10.3. The van der Waals surface area contributed by atoms with Crippen LogP contribution in [0.15, 0.2) is 18.2 Å². The number of nitrogens with zero attached hydrogens (tertiary/aromatic N) is 1. The fourth-order valence-corrected chi connectivity index (χ4v) is 3.19. The highest BCUT2D eigenvalue weighted by molar-refractivity contribution is 5.54. The molecule has 1 saturated heterocycles. The summed E-state index contributed by atoms with van der Waals surface area (Å²) in [5.41, 5.74) is 7.96. The number of benzene rings is 1. The van der Waals surface area contributed by atoms with Crippen molar-refractivity contribution >= 4 is 5.69 Å². The Balaban J connectivity index is 1.98. The summed E-state index contributed by atoms with van der Waals surface area (Å²) in [6.45, 7) is 8.08. The van der Waals surface area contributed by atoms with Crippen LogP contribution in [0.25, 0.3) is 0 Å². The first-order valence-corrected chi connectivity index (χ1v) is 8.55. The number of rotatable bonds is 7. The summed E-state index contributed by atoms with van der Waals surface area (Å²) >= 11 is 0. The lowest BCUT2D eigenvalue weighted by molar-refractivity contribution is 0.0270. The second-order valence-electron chi connectivity index (χ2n) is 6.34. The Morgan fingerprint density at radius 1 is 1.32 bits per heavy atom. The van der Waals surface area contributed by atoms with Crippen LogP contribution in [0, 0.1) is 5.92 Å². The molecule has 0 radical (unpaired) electrons. The highest BCUT2D eigenvalue weighted by Gasteiger charge is 2.27. The summed E-state index contributed by atoms with van der Waals surface area (Å²) in [6.07, 6.45) is 3.68. The molecule has 1 heterocycles. The van der Waals surface area contributed by atoms with Crippen LogP contribution in [0.5, 0.6) is 5.75 Å². The van der Waals surface area contributed by atoms with Crippen LogP contribution < -0.4 is 10.5 Å². The van der Waals surface area contributed by atoms with E-state index in [2.05, 4.69) is 24.8 Å². The van der Waals surface area contributed by atoms with Crippen molar-refractivity contribution in [3.63, 3.8) is 0 Å². The number of aliphatic hydroxyl groups is 1. The number of piperidine rings is 1. The third kappa shape index (κ3) is 4.62. The lowest BCUT2D eigenvalue weighted by Gasteiger charge is -2.36. The van der Waals surface area contributed by atoms with Crippen molar-refractivity contribution in [2.75, 3.05) is 32.0 Å². The average molecular weight is 306 g/mol. The van der Waals surface area contributed by atoms with Crippen LogP contribution >= 0.6 is 0 Å². The highest BCUT2D eigenvalue weighted by Crippen LogP contribution is 2.27. The Bertz CT molecular complexity index is 464. The van der Waals surface area contributed by atoms with Crippen LogP contribution in [0.2, 0.25) is 0 Å². The van der Waals surface area contributed by atoms with Gasteiger partial charge in [0.15, 0.2) is 0 Å². The van der Waals surface area contributed by atoms with E-state index in [1.54, 1.807) is 0 Å². The summed E-state index contributed by atoms with van der Waals surface area (Å²) in [5.74, 6) is 1.06. The molecule has 0 aliphatic carbocycles. The predicted octanol–water partition coefficient (Wildman–Crippen LogP) is 2.69. The molecule has 1 aromatic rings. The van der Waals surface area contributed by atoms with Gasteiger partial charge in [0.25, 0.3) is 0 Å². The Morgan fingerprint density at radius 2 is 2.14 bits per heavy atom. The molecule has 4 heteroatoms. The van der Waals surface area contributed by atoms with Gasteiger partial charge in [-0.2, -0.15) is 0 Å². The molecule has 124 valence electrons. The van der Waals surface area contributed by atoms with Gasteiger partial charge >= 0.3 is 0 Å². The number of nitrogen functional groups attached to an aromatic ring is 1. The van der Waals surface area contributed by atoms with Crippen LogP contribution in [0.1, 0.15) is 38.7 Å². The maximum absolute atomic E-state index is 10.3. The van der Waals surface area contributed by atoms with Gasteiger partial charge in [-0.3, -0.25) is 0 Å². The first kappa shape index (κ1) is 17.1. The maximum Gasteiger partial charge on any atom is 0.142 e. The fraction of sp³-hybridized carbons (Fsp3) is 0.667. The van der Waals surface area contributed by atoms with Crippen molar-refractivity contribution in [2.24, 2.45) is 5.92 Å². The molecule has 2 rings (SSSR count). The van der Waals surface area contributed by atoms with E-state index in [9.17, 15) is 5.11 Å². The number of anilines is 1. The zero-order chi connectivity index (χ0) is 15.9. The van der Waals surface area contributed by atoms with E-state index >= 15 is 0 Å². The van der Waals surface area contributed by atoms with Gasteiger partial charge in [0.2, 0.25) is 0 Å². The largest absolute Gasteiger partial charge is 0.491 e. The molecule has 1 aliphatic rings. The van der Waals surface area contributed by atoms with Crippen LogP contribution in [-0.4, -0.2) is 42.4 Å². The van der Waals surface area contributed by atoms with Crippen molar-refractivity contribution in [1.29, 1.82) is 0 Å².